The second-order valence-electron chi connectivity index (χ2n) is 4.30. The molecule has 0 aliphatic carbocycles. The van der Waals surface area contributed by atoms with Gasteiger partial charge in [-0.1, -0.05) is 18.2 Å². The molecule has 2 aromatic heterocycles. The highest BCUT2D eigenvalue weighted by Crippen LogP contribution is 2.32. The minimum Gasteiger partial charge on any atom is -0.383 e. The maximum atomic E-state index is 10.5. The van der Waals surface area contributed by atoms with Crippen molar-refractivity contribution in [1.82, 2.24) is 4.98 Å². The van der Waals surface area contributed by atoms with Crippen LogP contribution in [0.5, 0.6) is 0 Å². The summed E-state index contributed by atoms with van der Waals surface area (Å²) >= 11 is 1.63. The zero-order chi connectivity index (χ0) is 12.5. The molecule has 0 saturated heterocycles. The topological polar surface area (TPSA) is 33.1 Å². The van der Waals surface area contributed by atoms with Crippen LogP contribution < -0.4 is 0 Å². The summed E-state index contributed by atoms with van der Waals surface area (Å²) in [5, 5.41) is 12.6. The van der Waals surface area contributed by atoms with Gasteiger partial charge in [0.2, 0.25) is 0 Å². The summed E-state index contributed by atoms with van der Waals surface area (Å²) in [7, 11) is 0. The summed E-state index contributed by atoms with van der Waals surface area (Å²) in [6.45, 7) is 2.05. The Hall–Kier alpha value is -1.71. The van der Waals surface area contributed by atoms with Crippen LogP contribution in [0.25, 0.3) is 10.8 Å². The number of pyridine rings is 1. The third kappa shape index (κ3) is 1.92. The fourth-order valence-electron chi connectivity index (χ4n) is 2.14. The standard InChI is InChI=1S/C15H13NOS/c1-10-5-6-14(18-10)15(17)13-4-2-3-11-9-16-8-7-12(11)13/h2-9,15,17H,1H3. The highest BCUT2D eigenvalue weighted by atomic mass is 32.1. The molecular formula is C15H13NOS. The van der Waals surface area contributed by atoms with Crippen molar-refractivity contribution >= 4 is 22.1 Å². The van der Waals surface area contributed by atoms with Crippen LogP contribution in [0.2, 0.25) is 0 Å². The summed E-state index contributed by atoms with van der Waals surface area (Å²) < 4.78 is 0. The molecule has 90 valence electrons. The van der Waals surface area contributed by atoms with E-state index in [1.807, 2.05) is 49.5 Å². The molecule has 2 nitrogen and oxygen atoms in total. The van der Waals surface area contributed by atoms with Crippen molar-refractivity contribution in [2.45, 2.75) is 13.0 Å². The van der Waals surface area contributed by atoms with Gasteiger partial charge in [0.05, 0.1) is 0 Å². The average molecular weight is 255 g/mol. The number of hydrogen-bond donors (Lipinski definition) is 1. The van der Waals surface area contributed by atoms with E-state index in [1.54, 1.807) is 17.5 Å². The molecule has 1 N–H and O–H groups in total. The summed E-state index contributed by atoms with van der Waals surface area (Å²) in [6, 6.07) is 11.9. The van der Waals surface area contributed by atoms with Crippen molar-refractivity contribution in [3.8, 4) is 0 Å². The van der Waals surface area contributed by atoms with Gasteiger partial charge in [-0.2, -0.15) is 0 Å². The first-order valence-electron chi connectivity index (χ1n) is 5.83. The van der Waals surface area contributed by atoms with E-state index in [1.165, 1.54) is 4.88 Å². The molecule has 2 heterocycles. The molecule has 0 aliphatic rings. The van der Waals surface area contributed by atoms with Crippen molar-refractivity contribution in [3.63, 3.8) is 0 Å². The van der Waals surface area contributed by atoms with E-state index in [0.717, 1.165) is 21.2 Å². The fourth-order valence-corrected chi connectivity index (χ4v) is 3.02. The Kier molecular flexibility index (Phi) is 2.86. The largest absolute Gasteiger partial charge is 0.383 e. The molecule has 3 aromatic rings. The van der Waals surface area contributed by atoms with E-state index in [2.05, 4.69) is 4.98 Å². The summed E-state index contributed by atoms with van der Waals surface area (Å²) in [4.78, 5) is 6.31. The molecular weight excluding hydrogens is 242 g/mol. The minimum absolute atomic E-state index is 0.560. The fraction of sp³-hybridized carbons (Fsp3) is 0.133. The monoisotopic (exact) mass is 255 g/mol. The van der Waals surface area contributed by atoms with Crippen LogP contribution in [0.3, 0.4) is 0 Å². The molecule has 0 fully saturated rings. The van der Waals surface area contributed by atoms with E-state index >= 15 is 0 Å². The van der Waals surface area contributed by atoms with Crippen molar-refractivity contribution in [3.05, 3.63) is 64.1 Å². The van der Waals surface area contributed by atoms with E-state index in [4.69, 9.17) is 0 Å². The van der Waals surface area contributed by atoms with E-state index in [9.17, 15) is 5.11 Å². The highest BCUT2D eigenvalue weighted by molar-refractivity contribution is 7.12. The Morgan fingerprint density at radius 2 is 2.06 bits per heavy atom. The predicted molar refractivity (Wildman–Crippen MR) is 74.9 cm³/mol. The van der Waals surface area contributed by atoms with Gasteiger partial charge in [0.1, 0.15) is 6.10 Å². The molecule has 1 unspecified atom stereocenters. The second-order valence-corrected chi connectivity index (χ2v) is 5.61. The smallest absolute Gasteiger partial charge is 0.114 e. The minimum atomic E-state index is -0.560. The van der Waals surface area contributed by atoms with Crippen LogP contribution in [0.1, 0.15) is 21.4 Å². The van der Waals surface area contributed by atoms with E-state index < -0.39 is 6.10 Å². The first-order chi connectivity index (χ1) is 8.75. The number of benzene rings is 1. The molecule has 0 bridgehead atoms. The number of aromatic nitrogens is 1. The molecule has 18 heavy (non-hydrogen) atoms. The normalized spacial score (nSPS) is 12.8. The lowest BCUT2D eigenvalue weighted by Gasteiger charge is -2.12. The van der Waals surface area contributed by atoms with Crippen LogP contribution in [-0.2, 0) is 0 Å². The Labute approximate surface area is 110 Å². The third-order valence-electron chi connectivity index (χ3n) is 3.04. The summed E-state index contributed by atoms with van der Waals surface area (Å²) in [5.74, 6) is 0. The molecule has 0 radical (unpaired) electrons. The highest BCUT2D eigenvalue weighted by Gasteiger charge is 2.14. The first-order valence-corrected chi connectivity index (χ1v) is 6.64. The van der Waals surface area contributed by atoms with Crippen molar-refractivity contribution in [2.24, 2.45) is 0 Å². The quantitative estimate of drug-likeness (QED) is 0.757. The van der Waals surface area contributed by atoms with Gasteiger partial charge < -0.3 is 5.11 Å². The van der Waals surface area contributed by atoms with Gasteiger partial charge in [-0.05, 0) is 36.1 Å². The van der Waals surface area contributed by atoms with Crippen LogP contribution >= 0.6 is 11.3 Å². The van der Waals surface area contributed by atoms with E-state index in [0.29, 0.717) is 0 Å². The second kappa shape index (κ2) is 4.52. The van der Waals surface area contributed by atoms with Gasteiger partial charge in [-0.25, -0.2) is 0 Å². The van der Waals surface area contributed by atoms with Crippen LogP contribution in [0.4, 0.5) is 0 Å². The first kappa shape index (κ1) is 11.4. The number of nitrogens with zero attached hydrogens (tertiary/aromatic N) is 1. The Bertz CT molecular complexity index is 684. The van der Waals surface area contributed by atoms with Gasteiger partial charge in [0, 0.05) is 27.5 Å². The number of fused-ring (bicyclic) bond motifs is 1. The molecule has 1 aromatic carbocycles. The number of thiophene rings is 1. The zero-order valence-corrected chi connectivity index (χ0v) is 10.8. The van der Waals surface area contributed by atoms with Crippen molar-refractivity contribution < 1.29 is 5.11 Å². The lowest BCUT2D eigenvalue weighted by Crippen LogP contribution is -1.98. The van der Waals surface area contributed by atoms with Gasteiger partial charge in [-0.15, -0.1) is 11.3 Å². The van der Waals surface area contributed by atoms with Gasteiger partial charge in [0.25, 0.3) is 0 Å². The summed E-state index contributed by atoms with van der Waals surface area (Å²) in [5.41, 5.74) is 0.941. The lowest BCUT2D eigenvalue weighted by atomic mass is 10.0. The lowest BCUT2D eigenvalue weighted by molar-refractivity contribution is 0.226. The average Bonchev–Trinajstić information content (AvgIpc) is 2.84. The SMILES string of the molecule is Cc1ccc(C(O)c2cccc3cnccc23)s1. The van der Waals surface area contributed by atoms with Gasteiger partial charge in [-0.3, -0.25) is 4.98 Å². The molecule has 1 atom stereocenters. The van der Waals surface area contributed by atoms with Gasteiger partial charge >= 0.3 is 0 Å². The number of aryl methyl sites for hydroxylation is 1. The Balaban J connectivity index is 2.14. The third-order valence-corrected chi connectivity index (χ3v) is 4.09. The summed E-state index contributed by atoms with van der Waals surface area (Å²) in [6.07, 6.45) is 3.03. The maximum absolute atomic E-state index is 10.5. The predicted octanol–water partition coefficient (Wildman–Crippen LogP) is 3.69. The number of aliphatic hydroxyl groups excluding tert-OH is 1. The number of rotatable bonds is 2. The molecule has 3 rings (SSSR count). The number of aliphatic hydroxyl groups is 1. The van der Waals surface area contributed by atoms with Crippen LogP contribution in [0.15, 0.2) is 48.8 Å². The van der Waals surface area contributed by atoms with Gasteiger partial charge in [0.15, 0.2) is 0 Å². The van der Waals surface area contributed by atoms with Crippen molar-refractivity contribution in [1.29, 1.82) is 0 Å². The molecule has 0 spiro atoms. The van der Waals surface area contributed by atoms with Crippen LogP contribution in [-0.4, -0.2) is 10.1 Å². The molecule has 0 amide bonds. The molecule has 3 heteroatoms. The zero-order valence-electron chi connectivity index (χ0n) is 10.00. The van der Waals surface area contributed by atoms with E-state index in [-0.39, 0.29) is 0 Å². The molecule has 0 saturated carbocycles. The van der Waals surface area contributed by atoms with Crippen molar-refractivity contribution in [2.75, 3.05) is 0 Å². The Morgan fingerprint density at radius 1 is 1.17 bits per heavy atom. The Morgan fingerprint density at radius 3 is 2.83 bits per heavy atom. The number of hydrogen-bond acceptors (Lipinski definition) is 3. The van der Waals surface area contributed by atoms with Crippen LogP contribution in [0, 0.1) is 6.92 Å². The maximum Gasteiger partial charge on any atom is 0.114 e. The molecule has 0 aliphatic heterocycles.